The van der Waals surface area contributed by atoms with Crippen molar-refractivity contribution in [1.82, 2.24) is 10.2 Å². The Labute approximate surface area is 186 Å². The lowest BCUT2D eigenvalue weighted by molar-refractivity contribution is -0.123. The molecule has 1 spiro atoms. The molecule has 164 valence electrons. The fourth-order valence-corrected chi connectivity index (χ4v) is 4.86. The molecule has 31 heavy (non-hydrogen) atoms. The highest BCUT2D eigenvalue weighted by molar-refractivity contribution is 5.82. The minimum absolute atomic E-state index is 0.232. The molecule has 2 aliphatic rings. The molecule has 4 heteroatoms. The largest absolute Gasteiger partial charge is 0.496 e. The highest BCUT2D eigenvalue weighted by Crippen LogP contribution is 2.59. The molecule has 0 radical (unpaired) electrons. The van der Waals surface area contributed by atoms with Gasteiger partial charge in [-0.25, -0.2) is 0 Å². The summed E-state index contributed by atoms with van der Waals surface area (Å²) in [6, 6.07) is 18.6. The fourth-order valence-electron chi connectivity index (χ4n) is 4.86. The molecule has 1 atom stereocenters. The Hall–Kier alpha value is -2.59. The number of methoxy groups -OCH3 is 1. The van der Waals surface area contributed by atoms with Crippen LogP contribution in [0.15, 0.2) is 60.7 Å². The zero-order valence-electron chi connectivity index (χ0n) is 18.6. The number of para-hydroxylation sites is 1. The van der Waals surface area contributed by atoms with Crippen molar-refractivity contribution in [3.63, 3.8) is 0 Å². The number of benzene rings is 2. The molecule has 1 unspecified atom stereocenters. The van der Waals surface area contributed by atoms with Crippen LogP contribution in [0.4, 0.5) is 0 Å². The van der Waals surface area contributed by atoms with E-state index in [1.807, 2.05) is 24.3 Å². The summed E-state index contributed by atoms with van der Waals surface area (Å²) in [6.45, 7) is 3.88. The monoisotopic (exact) mass is 418 g/mol. The highest BCUT2D eigenvalue weighted by Gasteiger charge is 2.58. The molecule has 2 aromatic carbocycles. The molecule has 1 saturated carbocycles. The lowest BCUT2D eigenvalue weighted by Crippen LogP contribution is -2.37. The SMILES string of the molecule is COc1ccccc1C=CCN1CCC2(CC1)CC2C(=O)NCCCc1ccccc1. The van der Waals surface area contributed by atoms with E-state index in [0.29, 0.717) is 0 Å². The first-order valence-electron chi connectivity index (χ1n) is 11.5. The van der Waals surface area contributed by atoms with Gasteiger partial charge in [0.2, 0.25) is 5.91 Å². The molecule has 2 aromatic rings. The number of piperidine rings is 1. The molecule has 1 amide bonds. The van der Waals surface area contributed by atoms with E-state index in [1.54, 1.807) is 7.11 Å². The van der Waals surface area contributed by atoms with Crippen LogP contribution in [0.25, 0.3) is 6.08 Å². The summed E-state index contributed by atoms with van der Waals surface area (Å²) in [5.74, 6) is 1.42. The van der Waals surface area contributed by atoms with Gasteiger partial charge in [-0.15, -0.1) is 0 Å². The zero-order chi connectivity index (χ0) is 21.5. The number of rotatable bonds is 9. The maximum atomic E-state index is 12.6. The average Bonchev–Trinajstić information content (AvgIpc) is 3.52. The van der Waals surface area contributed by atoms with Crippen molar-refractivity contribution in [3.8, 4) is 5.75 Å². The zero-order valence-corrected chi connectivity index (χ0v) is 18.6. The third kappa shape index (κ3) is 5.56. The lowest BCUT2D eigenvalue weighted by atomic mass is 9.90. The summed E-state index contributed by atoms with van der Waals surface area (Å²) in [5, 5.41) is 3.19. The molecule has 0 bridgehead atoms. The van der Waals surface area contributed by atoms with Crippen molar-refractivity contribution in [2.75, 3.05) is 33.3 Å². The Bertz CT molecular complexity index is 885. The summed E-state index contributed by atoms with van der Waals surface area (Å²) in [7, 11) is 1.71. The first-order valence-corrected chi connectivity index (χ1v) is 11.5. The summed E-state index contributed by atoms with van der Waals surface area (Å²) in [5.41, 5.74) is 2.73. The van der Waals surface area contributed by atoms with E-state index in [4.69, 9.17) is 4.74 Å². The van der Waals surface area contributed by atoms with Crippen LogP contribution in [0.1, 0.15) is 36.8 Å². The number of amides is 1. The molecule has 1 aliphatic heterocycles. The van der Waals surface area contributed by atoms with Crippen LogP contribution in [0, 0.1) is 11.3 Å². The molecule has 1 heterocycles. The van der Waals surface area contributed by atoms with E-state index in [2.05, 4.69) is 52.7 Å². The molecule has 1 N–H and O–H groups in total. The van der Waals surface area contributed by atoms with Gasteiger partial charge in [-0.3, -0.25) is 9.69 Å². The Morgan fingerprint density at radius 3 is 2.65 bits per heavy atom. The minimum atomic E-state index is 0.232. The van der Waals surface area contributed by atoms with E-state index in [1.165, 1.54) is 5.56 Å². The number of ether oxygens (including phenoxy) is 1. The number of nitrogens with one attached hydrogen (secondary N) is 1. The minimum Gasteiger partial charge on any atom is -0.496 e. The van der Waals surface area contributed by atoms with Crippen molar-refractivity contribution < 1.29 is 9.53 Å². The molecule has 4 nitrogen and oxygen atoms in total. The van der Waals surface area contributed by atoms with Crippen LogP contribution in [0.2, 0.25) is 0 Å². The second-order valence-corrected chi connectivity index (χ2v) is 8.94. The van der Waals surface area contributed by atoms with Crippen molar-refractivity contribution in [2.24, 2.45) is 11.3 Å². The van der Waals surface area contributed by atoms with Gasteiger partial charge in [-0.2, -0.15) is 0 Å². The molecule has 4 rings (SSSR count). The van der Waals surface area contributed by atoms with Crippen LogP contribution in [-0.4, -0.2) is 44.1 Å². The molecule has 0 aromatic heterocycles. The van der Waals surface area contributed by atoms with E-state index in [0.717, 1.165) is 69.6 Å². The topological polar surface area (TPSA) is 41.6 Å². The average molecular weight is 419 g/mol. The van der Waals surface area contributed by atoms with Crippen molar-refractivity contribution in [2.45, 2.75) is 32.1 Å². The van der Waals surface area contributed by atoms with Gasteiger partial charge in [0, 0.05) is 24.6 Å². The first kappa shape index (κ1) is 21.6. The van der Waals surface area contributed by atoms with Crippen molar-refractivity contribution in [3.05, 3.63) is 71.8 Å². The van der Waals surface area contributed by atoms with Gasteiger partial charge >= 0.3 is 0 Å². The van der Waals surface area contributed by atoms with Crippen molar-refractivity contribution >= 4 is 12.0 Å². The third-order valence-corrected chi connectivity index (χ3v) is 6.94. The van der Waals surface area contributed by atoms with Crippen molar-refractivity contribution in [1.29, 1.82) is 0 Å². The van der Waals surface area contributed by atoms with E-state index in [-0.39, 0.29) is 17.2 Å². The third-order valence-electron chi connectivity index (χ3n) is 6.94. The van der Waals surface area contributed by atoms with E-state index >= 15 is 0 Å². The standard InChI is InChI=1S/C27H34N2O2/c1-31-25-14-6-5-12-23(25)13-8-18-29-19-15-27(16-20-29)21-24(27)26(30)28-17-7-11-22-9-3-2-4-10-22/h2-6,8-10,12-14,24H,7,11,15-21H2,1H3,(H,28,30). The van der Waals surface area contributed by atoms with E-state index < -0.39 is 0 Å². The second kappa shape index (κ2) is 10.1. The predicted octanol–water partition coefficient (Wildman–Crippen LogP) is 4.56. The van der Waals surface area contributed by atoms with Gasteiger partial charge in [0.25, 0.3) is 0 Å². The maximum Gasteiger partial charge on any atom is 0.223 e. The summed E-state index contributed by atoms with van der Waals surface area (Å²) in [6.07, 6.45) is 9.74. The number of nitrogens with zero attached hydrogens (tertiary/aromatic N) is 1. The molecule has 1 saturated heterocycles. The van der Waals surface area contributed by atoms with Gasteiger partial charge in [-0.05, 0) is 62.2 Å². The molecular formula is C27H34N2O2. The number of hydrogen-bond acceptors (Lipinski definition) is 3. The lowest BCUT2D eigenvalue weighted by Gasteiger charge is -2.32. The molecule has 1 aliphatic carbocycles. The number of carbonyl (C=O) groups is 1. The summed E-state index contributed by atoms with van der Waals surface area (Å²) < 4.78 is 5.41. The second-order valence-electron chi connectivity index (χ2n) is 8.94. The predicted molar refractivity (Wildman–Crippen MR) is 126 cm³/mol. The van der Waals surface area contributed by atoms with Crippen LogP contribution >= 0.6 is 0 Å². The Morgan fingerprint density at radius 2 is 1.87 bits per heavy atom. The number of likely N-dealkylation sites (tertiary alicyclic amines) is 1. The van der Waals surface area contributed by atoms with Gasteiger partial charge in [0.1, 0.15) is 5.75 Å². The Morgan fingerprint density at radius 1 is 1.13 bits per heavy atom. The smallest absolute Gasteiger partial charge is 0.223 e. The quantitative estimate of drug-likeness (QED) is 0.607. The van der Waals surface area contributed by atoms with Crippen LogP contribution in [-0.2, 0) is 11.2 Å². The van der Waals surface area contributed by atoms with Gasteiger partial charge < -0.3 is 10.1 Å². The van der Waals surface area contributed by atoms with Crippen LogP contribution in [0.5, 0.6) is 5.75 Å². The maximum absolute atomic E-state index is 12.6. The van der Waals surface area contributed by atoms with Crippen LogP contribution in [0.3, 0.4) is 0 Å². The summed E-state index contributed by atoms with van der Waals surface area (Å²) in [4.78, 5) is 15.1. The number of aryl methyl sites for hydroxylation is 1. The Balaban J connectivity index is 1.15. The molecule has 2 fully saturated rings. The normalized spacial score (nSPS) is 20.1. The molecular weight excluding hydrogens is 384 g/mol. The highest BCUT2D eigenvalue weighted by atomic mass is 16.5. The number of hydrogen-bond donors (Lipinski definition) is 1. The van der Waals surface area contributed by atoms with Crippen LogP contribution < -0.4 is 10.1 Å². The van der Waals surface area contributed by atoms with E-state index in [9.17, 15) is 4.79 Å². The Kier molecular flexibility index (Phi) is 7.08. The summed E-state index contributed by atoms with van der Waals surface area (Å²) >= 11 is 0. The van der Waals surface area contributed by atoms with Gasteiger partial charge in [0.05, 0.1) is 7.11 Å². The fraction of sp³-hybridized carbons (Fsp3) is 0.444. The first-order chi connectivity index (χ1) is 15.2. The van der Waals surface area contributed by atoms with Gasteiger partial charge in [-0.1, -0.05) is 60.7 Å². The number of carbonyl (C=O) groups excluding carboxylic acids is 1. The van der Waals surface area contributed by atoms with Gasteiger partial charge in [0.15, 0.2) is 0 Å².